The summed E-state index contributed by atoms with van der Waals surface area (Å²) in [5.41, 5.74) is 0. The van der Waals surface area contributed by atoms with E-state index in [1.807, 2.05) is 0 Å². The second kappa shape index (κ2) is 3.45. The molecule has 0 aromatic rings. The average molecular weight is 127 g/mol. The summed E-state index contributed by atoms with van der Waals surface area (Å²) in [7, 11) is 0. The van der Waals surface area contributed by atoms with Crippen molar-refractivity contribution >= 4 is 6.41 Å². The number of nitrogens with zero attached hydrogens (tertiary/aromatic N) is 1. The van der Waals surface area contributed by atoms with E-state index in [9.17, 15) is 4.79 Å². The predicted molar refractivity (Wildman–Crippen MR) is 34.1 cm³/mol. The van der Waals surface area contributed by atoms with Gasteiger partial charge in [0.1, 0.15) is 0 Å². The number of nitrogens with one attached hydrogen (secondary N) is 1. The molecule has 3 heteroatoms. The Morgan fingerprint density at radius 2 is 2.56 bits per heavy atom. The van der Waals surface area contributed by atoms with Crippen molar-refractivity contribution in [3.05, 3.63) is 0 Å². The zero-order valence-corrected chi connectivity index (χ0v) is 5.34. The van der Waals surface area contributed by atoms with Crippen molar-refractivity contribution in [2.24, 2.45) is 0 Å². The van der Waals surface area contributed by atoms with Crippen molar-refractivity contribution in [1.29, 1.82) is 0 Å². The molecule has 51 valence electrons. The number of piperidine rings is 1. The van der Waals surface area contributed by atoms with Gasteiger partial charge in [-0.1, -0.05) is 0 Å². The number of amides is 1. The van der Waals surface area contributed by atoms with Crippen LogP contribution >= 0.6 is 0 Å². The van der Waals surface area contributed by atoms with Crippen LogP contribution in [-0.2, 0) is 4.79 Å². The minimum atomic E-state index is 0.316. The van der Waals surface area contributed by atoms with Crippen molar-refractivity contribution < 1.29 is 4.79 Å². The molecular formula is C6H11N2O. The molecule has 1 radical (unpaired) electrons. The molecule has 1 aliphatic heterocycles. The van der Waals surface area contributed by atoms with Gasteiger partial charge >= 0.3 is 0 Å². The van der Waals surface area contributed by atoms with Gasteiger partial charge in [-0.2, -0.15) is 0 Å². The van der Waals surface area contributed by atoms with Crippen LogP contribution in [0.4, 0.5) is 0 Å². The Balaban J connectivity index is 2.15. The molecule has 0 bridgehead atoms. The molecule has 1 amide bonds. The molecule has 1 fully saturated rings. The molecule has 3 nitrogen and oxygen atoms in total. The Bertz CT molecular complexity index is 89.1. The largest absolute Gasteiger partial charge is 0.355 e. The highest BCUT2D eigenvalue weighted by molar-refractivity contribution is 5.46. The van der Waals surface area contributed by atoms with E-state index in [4.69, 9.17) is 0 Å². The molecule has 0 aliphatic carbocycles. The first kappa shape index (κ1) is 6.55. The van der Waals surface area contributed by atoms with Gasteiger partial charge in [-0.15, -0.1) is 0 Å². The maximum Gasteiger partial charge on any atom is 0.207 e. The van der Waals surface area contributed by atoms with E-state index in [-0.39, 0.29) is 0 Å². The second-order valence-corrected chi connectivity index (χ2v) is 2.25. The van der Waals surface area contributed by atoms with Gasteiger partial charge in [-0.3, -0.25) is 4.79 Å². The molecule has 1 heterocycles. The van der Waals surface area contributed by atoms with E-state index < -0.39 is 0 Å². The quantitative estimate of drug-likeness (QED) is 0.499. The van der Waals surface area contributed by atoms with Crippen molar-refractivity contribution in [3.8, 4) is 0 Å². The molecule has 1 unspecified atom stereocenters. The molecule has 0 saturated carbocycles. The zero-order chi connectivity index (χ0) is 6.53. The van der Waals surface area contributed by atoms with Crippen LogP contribution in [-0.4, -0.2) is 25.5 Å². The lowest BCUT2D eigenvalue weighted by molar-refractivity contribution is -0.110. The van der Waals surface area contributed by atoms with E-state index in [0.29, 0.717) is 6.04 Å². The Hall–Kier alpha value is -0.570. The molecule has 0 spiro atoms. The third-order valence-corrected chi connectivity index (χ3v) is 1.52. The number of hydrogen-bond donors (Lipinski definition) is 1. The lowest BCUT2D eigenvalue weighted by Crippen LogP contribution is -2.39. The second-order valence-electron chi connectivity index (χ2n) is 2.25. The fraction of sp³-hybridized carbons (Fsp3) is 0.833. The van der Waals surface area contributed by atoms with Crippen LogP contribution in [0.25, 0.3) is 0 Å². The van der Waals surface area contributed by atoms with Crippen LogP contribution in [0.3, 0.4) is 0 Å². The molecule has 0 aromatic carbocycles. The Morgan fingerprint density at radius 1 is 1.67 bits per heavy atom. The van der Waals surface area contributed by atoms with Gasteiger partial charge in [0.15, 0.2) is 0 Å². The minimum Gasteiger partial charge on any atom is -0.355 e. The molecular weight excluding hydrogens is 116 g/mol. The van der Waals surface area contributed by atoms with Gasteiger partial charge in [0.05, 0.1) is 0 Å². The maximum atomic E-state index is 9.92. The monoisotopic (exact) mass is 127 g/mol. The molecule has 0 aromatic heterocycles. The lowest BCUT2D eigenvalue weighted by atomic mass is 10.1. The third kappa shape index (κ3) is 2.01. The van der Waals surface area contributed by atoms with Crippen molar-refractivity contribution in [1.82, 2.24) is 10.6 Å². The summed E-state index contributed by atoms with van der Waals surface area (Å²) in [6, 6.07) is 0.316. The highest BCUT2D eigenvalue weighted by Gasteiger charge is 2.11. The van der Waals surface area contributed by atoms with Crippen LogP contribution in [0, 0.1) is 0 Å². The highest BCUT2D eigenvalue weighted by atomic mass is 16.1. The SMILES string of the molecule is O=CNC1CCC[N]C1. The highest BCUT2D eigenvalue weighted by Crippen LogP contribution is 2.00. The van der Waals surface area contributed by atoms with Gasteiger partial charge in [-0.05, 0) is 12.8 Å². The van der Waals surface area contributed by atoms with Gasteiger partial charge in [0, 0.05) is 19.1 Å². The average Bonchev–Trinajstić information content (AvgIpc) is 1.91. The van der Waals surface area contributed by atoms with E-state index in [1.54, 1.807) is 0 Å². The minimum absolute atomic E-state index is 0.316. The topological polar surface area (TPSA) is 43.2 Å². The zero-order valence-electron chi connectivity index (χ0n) is 5.34. The van der Waals surface area contributed by atoms with Gasteiger partial charge in [0.2, 0.25) is 6.41 Å². The summed E-state index contributed by atoms with van der Waals surface area (Å²) in [5, 5.41) is 6.87. The number of carbonyl (C=O) groups excluding carboxylic acids is 1. The van der Waals surface area contributed by atoms with Crippen molar-refractivity contribution in [2.75, 3.05) is 13.1 Å². The number of hydrogen-bond acceptors (Lipinski definition) is 1. The smallest absolute Gasteiger partial charge is 0.207 e. The number of carbonyl (C=O) groups is 1. The summed E-state index contributed by atoms with van der Waals surface area (Å²) in [4.78, 5) is 9.92. The molecule has 1 aliphatic rings. The van der Waals surface area contributed by atoms with Crippen LogP contribution in [0.15, 0.2) is 0 Å². The normalized spacial score (nSPS) is 27.3. The first-order valence-electron chi connectivity index (χ1n) is 3.26. The Labute approximate surface area is 54.8 Å². The van der Waals surface area contributed by atoms with Gasteiger partial charge in [-0.25, -0.2) is 5.32 Å². The third-order valence-electron chi connectivity index (χ3n) is 1.52. The van der Waals surface area contributed by atoms with Crippen molar-refractivity contribution in [2.45, 2.75) is 18.9 Å². The summed E-state index contributed by atoms with van der Waals surface area (Å²) in [6.07, 6.45) is 2.96. The Kier molecular flexibility index (Phi) is 2.51. The lowest BCUT2D eigenvalue weighted by Gasteiger charge is -2.19. The van der Waals surface area contributed by atoms with E-state index in [1.165, 1.54) is 0 Å². The van der Waals surface area contributed by atoms with Crippen LogP contribution in [0.1, 0.15) is 12.8 Å². The number of rotatable bonds is 2. The predicted octanol–water partition coefficient (Wildman–Crippen LogP) is -0.501. The van der Waals surface area contributed by atoms with Crippen LogP contribution < -0.4 is 10.6 Å². The van der Waals surface area contributed by atoms with Crippen molar-refractivity contribution in [3.63, 3.8) is 0 Å². The van der Waals surface area contributed by atoms with Gasteiger partial charge in [0.25, 0.3) is 0 Å². The first-order valence-corrected chi connectivity index (χ1v) is 3.26. The molecule has 1 atom stereocenters. The van der Waals surface area contributed by atoms with E-state index >= 15 is 0 Å². The standard InChI is InChI=1S/C6H11N2O/c9-5-8-6-2-1-3-7-4-6/h5-6H,1-4H2,(H,8,9). The summed E-state index contributed by atoms with van der Waals surface area (Å²) in [5.74, 6) is 0. The molecule has 1 N–H and O–H groups in total. The fourth-order valence-electron chi connectivity index (χ4n) is 1.02. The first-order chi connectivity index (χ1) is 4.43. The van der Waals surface area contributed by atoms with E-state index in [2.05, 4.69) is 10.6 Å². The van der Waals surface area contributed by atoms with E-state index in [0.717, 1.165) is 32.3 Å². The summed E-state index contributed by atoms with van der Waals surface area (Å²) in [6.45, 7) is 1.77. The van der Waals surface area contributed by atoms with Crippen LogP contribution in [0.2, 0.25) is 0 Å². The molecule has 1 rings (SSSR count). The molecule has 9 heavy (non-hydrogen) atoms. The van der Waals surface area contributed by atoms with Crippen LogP contribution in [0.5, 0.6) is 0 Å². The maximum absolute atomic E-state index is 9.92. The molecule has 1 saturated heterocycles. The summed E-state index contributed by atoms with van der Waals surface area (Å²) < 4.78 is 0. The summed E-state index contributed by atoms with van der Waals surface area (Å²) >= 11 is 0. The van der Waals surface area contributed by atoms with Gasteiger partial charge < -0.3 is 5.32 Å². The fourth-order valence-corrected chi connectivity index (χ4v) is 1.02. The Morgan fingerprint density at radius 3 is 3.11 bits per heavy atom.